The molecule has 0 bridgehead atoms. The van der Waals surface area contributed by atoms with Crippen LogP contribution in [-0.4, -0.2) is 36.7 Å². The van der Waals surface area contributed by atoms with Gasteiger partial charge in [0.25, 0.3) is 5.91 Å². The number of carboxylic acids is 1. The van der Waals surface area contributed by atoms with E-state index in [1.807, 2.05) is 25.1 Å². The van der Waals surface area contributed by atoms with Gasteiger partial charge in [-0.05, 0) is 43.5 Å². The van der Waals surface area contributed by atoms with Gasteiger partial charge in [0.2, 0.25) is 0 Å². The summed E-state index contributed by atoms with van der Waals surface area (Å²) in [7, 11) is 0. The zero-order valence-electron chi connectivity index (χ0n) is 15.2. The molecule has 1 aliphatic rings. The van der Waals surface area contributed by atoms with E-state index in [4.69, 9.17) is 14.6 Å². The smallest absolute Gasteiger partial charge is 0.341 e. The molecule has 1 saturated carbocycles. The molecule has 0 aromatic heterocycles. The molecule has 1 aliphatic carbocycles. The van der Waals surface area contributed by atoms with Gasteiger partial charge in [-0.3, -0.25) is 4.79 Å². The van der Waals surface area contributed by atoms with Crippen LogP contribution in [-0.2, 0) is 10.2 Å². The number of nitrogens with one attached hydrogen (secondary N) is 1. The van der Waals surface area contributed by atoms with Crippen LogP contribution in [0.4, 0.5) is 0 Å². The molecule has 2 aromatic carbocycles. The van der Waals surface area contributed by atoms with Crippen molar-refractivity contribution in [3.63, 3.8) is 0 Å². The second-order valence-electron chi connectivity index (χ2n) is 6.61. The van der Waals surface area contributed by atoms with Gasteiger partial charge in [0.1, 0.15) is 0 Å². The van der Waals surface area contributed by atoms with Gasteiger partial charge in [-0.1, -0.05) is 30.3 Å². The van der Waals surface area contributed by atoms with Crippen LogP contribution in [0.5, 0.6) is 11.5 Å². The summed E-state index contributed by atoms with van der Waals surface area (Å²) in [5.41, 5.74) is 1.73. The number of carbonyl (C=O) groups excluding carboxylic acids is 1. The summed E-state index contributed by atoms with van der Waals surface area (Å²) in [6.07, 6.45) is 2.12. The van der Waals surface area contributed by atoms with Crippen LogP contribution < -0.4 is 14.8 Å². The lowest BCUT2D eigenvalue weighted by Gasteiger charge is -2.17. The van der Waals surface area contributed by atoms with Crippen molar-refractivity contribution in [2.45, 2.75) is 25.2 Å². The molecule has 142 valence electrons. The molecule has 1 amide bonds. The highest BCUT2D eigenvalue weighted by Gasteiger charge is 2.44. The fraction of sp³-hybridized carbons (Fsp3) is 0.333. The van der Waals surface area contributed by atoms with Crippen molar-refractivity contribution in [2.24, 2.45) is 0 Å². The molecule has 27 heavy (non-hydrogen) atoms. The Morgan fingerprint density at radius 1 is 1.07 bits per heavy atom. The van der Waals surface area contributed by atoms with Crippen molar-refractivity contribution in [3.8, 4) is 11.5 Å². The van der Waals surface area contributed by atoms with Gasteiger partial charge in [-0.25, -0.2) is 4.79 Å². The van der Waals surface area contributed by atoms with E-state index in [1.165, 1.54) is 5.56 Å². The number of carboxylic acid groups (broad SMARTS) is 1. The second-order valence-corrected chi connectivity index (χ2v) is 6.61. The monoisotopic (exact) mass is 369 g/mol. The summed E-state index contributed by atoms with van der Waals surface area (Å²) in [6.45, 7) is 2.30. The maximum absolute atomic E-state index is 12.6. The van der Waals surface area contributed by atoms with Crippen molar-refractivity contribution in [1.82, 2.24) is 5.32 Å². The number of ether oxygens (including phenoxy) is 2. The summed E-state index contributed by atoms with van der Waals surface area (Å²) in [6, 6.07) is 15.0. The van der Waals surface area contributed by atoms with E-state index < -0.39 is 12.6 Å². The van der Waals surface area contributed by atoms with Crippen LogP contribution in [0.1, 0.15) is 35.7 Å². The lowest BCUT2D eigenvalue weighted by Crippen LogP contribution is -2.32. The van der Waals surface area contributed by atoms with E-state index in [2.05, 4.69) is 17.4 Å². The lowest BCUT2D eigenvalue weighted by atomic mass is 9.96. The van der Waals surface area contributed by atoms with Gasteiger partial charge in [0.05, 0.1) is 6.61 Å². The Kier molecular flexibility index (Phi) is 5.64. The Bertz CT molecular complexity index is 815. The molecule has 0 aliphatic heterocycles. The van der Waals surface area contributed by atoms with E-state index in [-0.39, 0.29) is 11.3 Å². The van der Waals surface area contributed by atoms with Crippen LogP contribution in [0.2, 0.25) is 0 Å². The van der Waals surface area contributed by atoms with Crippen molar-refractivity contribution in [2.75, 3.05) is 19.8 Å². The molecule has 0 spiro atoms. The molecule has 2 N–H and O–H groups in total. The van der Waals surface area contributed by atoms with E-state index in [0.717, 1.165) is 12.8 Å². The fourth-order valence-corrected chi connectivity index (χ4v) is 3.04. The Labute approximate surface area is 158 Å². The molecule has 0 heterocycles. The van der Waals surface area contributed by atoms with Crippen LogP contribution in [0, 0.1) is 0 Å². The third kappa shape index (κ3) is 4.58. The number of aliphatic carboxylic acids is 1. The summed E-state index contributed by atoms with van der Waals surface area (Å²) >= 11 is 0. The maximum Gasteiger partial charge on any atom is 0.341 e. The first-order valence-corrected chi connectivity index (χ1v) is 8.99. The van der Waals surface area contributed by atoms with Crippen LogP contribution >= 0.6 is 0 Å². The van der Waals surface area contributed by atoms with Crippen LogP contribution in [0.15, 0.2) is 48.5 Å². The van der Waals surface area contributed by atoms with Gasteiger partial charge in [0.15, 0.2) is 18.1 Å². The quantitative estimate of drug-likeness (QED) is 0.710. The number of hydrogen-bond donors (Lipinski definition) is 2. The van der Waals surface area contributed by atoms with Gasteiger partial charge >= 0.3 is 5.97 Å². The van der Waals surface area contributed by atoms with Crippen molar-refractivity contribution in [1.29, 1.82) is 0 Å². The Morgan fingerprint density at radius 2 is 1.81 bits per heavy atom. The minimum Gasteiger partial charge on any atom is -0.490 e. The van der Waals surface area contributed by atoms with Gasteiger partial charge in [-0.2, -0.15) is 0 Å². The average Bonchev–Trinajstić information content (AvgIpc) is 3.47. The topological polar surface area (TPSA) is 84.9 Å². The van der Waals surface area contributed by atoms with E-state index >= 15 is 0 Å². The first kappa shape index (κ1) is 18.8. The fourth-order valence-electron chi connectivity index (χ4n) is 3.04. The zero-order chi connectivity index (χ0) is 19.3. The molecule has 0 atom stereocenters. The number of carbonyl (C=O) groups is 2. The largest absolute Gasteiger partial charge is 0.490 e. The molecule has 6 heteroatoms. The standard InChI is InChI=1S/C21H23NO5/c1-2-26-18-12-15(8-9-17(18)27-13-19(23)24)20(25)22-14-21(10-11-21)16-6-4-3-5-7-16/h3-9,12H,2,10-11,13-14H2,1H3,(H,22,25)(H,23,24). The molecular weight excluding hydrogens is 346 g/mol. The number of hydrogen-bond acceptors (Lipinski definition) is 4. The SMILES string of the molecule is CCOc1cc(C(=O)NCC2(c3ccccc3)CC2)ccc1OCC(=O)O. The van der Waals surface area contributed by atoms with Crippen LogP contribution in [0.3, 0.4) is 0 Å². The Hall–Kier alpha value is -3.02. The predicted molar refractivity (Wildman–Crippen MR) is 100 cm³/mol. The third-order valence-corrected chi connectivity index (χ3v) is 4.68. The third-order valence-electron chi connectivity index (χ3n) is 4.68. The molecule has 1 fully saturated rings. The molecule has 2 aromatic rings. The van der Waals surface area contributed by atoms with Gasteiger partial charge < -0.3 is 19.9 Å². The molecule has 3 rings (SSSR count). The number of rotatable bonds is 9. The molecular formula is C21H23NO5. The molecule has 6 nitrogen and oxygen atoms in total. The van der Waals surface area contributed by atoms with E-state index in [1.54, 1.807) is 18.2 Å². The van der Waals surface area contributed by atoms with Gasteiger partial charge in [0, 0.05) is 17.5 Å². The molecule has 0 radical (unpaired) electrons. The summed E-state index contributed by atoms with van der Waals surface area (Å²) in [5, 5.41) is 11.8. The minimum absolute atomic E-state index is 0.0320. The molecule has 0 unspecified atom stereocenters. The van der Waals surface area contributed by atoms with Crippen molar-refractivity contribution in [3.05, 3.63) is 59.7 Å². The summed E-state index contributed by atoms with van der Waals surface area (Å²) < 4.78 is 10.7. The Morgan fingerprint density at radius 3 is 2.44 bits per heavy atom. The second kappa shape index (κ2) is 8.12. The predicted octanol–water partition coefficient (Wildman–Crippen LogP) is 3.01. The number of benzene rings is 2. The summed E-state index contributed by atoms with van der Waals surface area (Å²) in [4.78, 5) is 23.3. The Balaban J connectivity index is 1.67. The highest BCUT2D eigenvalue weighted by atomic mass is 16.5. The maximum atomic E-state index is 12.6. The van der Waals surface area contributed by atoms with Crippen molar-refractivity contribution < 1.29 is 24.2 Å². The highest BCUT2D eigenvalue weighted by Crippen LogP contribution is 2.47. The zero-order valence-corrected chi connectivity index (χ0v) is 15.2. The van der Waals surface area contributed by atoms with E-state index in [0.29, 0.717) is 30.2 Å². The lowest BCUT2D eigenvalue weighted by molar-refractivity contribution is -0.139. The number of amides is 1. The minimum atomic E-state index is -1.07. The van der Waals surface area contributed by atoms with Crippen molar-refractivity contribution >= 4 is 11.9 Å². The first-order chi connectivity index (χ1) is 13.0. The van der Waals surface area contributed by atoms with Crippen LogP contribution in [0.25, 0.3) is 0 Å². The van der Waals surface area contributed by atoms with Gasteiger partial charge in [-0.15, -0.1) is 0 Å². The first-order valence-electron chi connectivity index (χ1n) is 8.99. The summed E-state index contributed by atoms with van der Waals surface area (Å²) in [5.74, 6) is -0.604. The van der Waals surface area contributed by atoms with E-state index in [9.17, 15) is 9.59 Å². The normalized spacial score (nSPS) is 14.3. The molecule has 0 saturated heterocycles. The average molecular weight is 369 g/mol. The highest BCUT2D eigenvalue weighted by molar-refractivity contribution is 5.95.